The minimum Gasteiger partial charge on any atom is -0.450 e. The molecule has 0 aromatic carbocycles. The van der Waals surface area contributed by atoms with Gasteiger partial charge in [0.25, 0.3) is 0 Å². The number of aliphatic hydroxyl groups excluding tert-OH is 1. The van der Waals surface area contributed by atoms with E-state index in [9.17, 15) is 4.79 Å². The van der Waals surface area contributed by atoms with E-state index in [1.807, 2.05) is 0 Å². The molecule has 0 saturated carbocycles. The van der Waals surface area contributed by atoms with Crippen molar-refractivity contribution in [2.45, 2.75) is 70.6 Å². The number of carbonyl (C=O) groups excluding carboxylic acids is 1. The Morgan fingerprint density at radius 3 is 2.10 bits per heavy atom. The van der Waals surface area contributed by atoms with Crippen LogP contribution in [0.25, 0.3) is 0 Å². The second-order valence-corrected chi connectivity index (χ2v) is 12.2. The molecule has 4 nitrogen and oxygen atoms in total. The third-order valence-electron chi connectivity index (χ3n) is 3.19. The lowest BCUT2D eigenvalue weighted by Crippen LogP contribution is -2.28. The Morgan fingerprint density at radius 1 is 1.00 bits per heavy atom. The van der Waals surface area contributed by atoms with E-state index in [-0.39, 0.29) is 6.09 Å². The van der Waals surface area contributed by atoms with Crippen LogP contribution in [0, 0.1) is 0 Å². The van der Waals surface area contributed by atoms with E-state index in [0.29, 0.717) is 19.8 Å². The lowest BCUT2D eigenvalue weighted by Gasteiger charge is -2.15. The Kier molecular flexibility index (Phi) is 11.9. The highest BCUT2D eigenvalue weighted by molar-refractivity contribution is 6.76. The average molecular weight is 304 g/mol. The van der Waals surface area contributed by atoms with E-state index >= 15 is 0 Å². The maximum absolute atomic E-state index is 11.4. The van der Waals surface area contributed by atoms with Gasteiger partial charge in [-0.1, -0.05) is 51.7 Å². The summed E-state index contributed by atoms with van der Waals surface area (Å²) in [6, 6.07) is 1.02. The Bertz CT molecular complexity index is 242. The monoisotopic (exact) mass is 303 g/mol. The fourth-order valence-electron chi connectivity index (χ4n) is 1.81. The van der Waals surface area contributed by atoms with Gasteiger partial charge in [-0.25, -0.2) is 4.79 Å². The van der Waals surface area contributed by atoms with Crippen LogP contribution in [0.4, 0.5) is 4.79 Å². The largest absolute Gasteiger partial charge is 0.450 e. The average Bonchev–Trinajstić information content (AvgIpc) is 2.35. The first kappa shape index (κ1) is 19.4. The number of nitrogens with one attached hydrogen (secondary N) is 1. The maximum atomic E-state index is 11.4. The number of aliphatic hydroxyl groups is 1. The number of hydrogen-bond donors (Lipinski definition) is 2. The van der Waals surface area contributed by atoms with Gasteiger partial charge in [0.15, 0.2) is 0 Å². The van der Waals surface area contributed by atoms with Gasteiger partial charge in [0.05, 0.1) is 6.61 Å². The molecule has 0 bridgehead atoms. The van der Waals surface area contributed by atoms with Crippen molar-refractivity contribution in [1.82, 2.24) is 5.32 Å². The first-order valence-electron chi connectivity index (χ1n) is 7.97. The fourth-order valence-corrected chi connectivity index (χ4v) is 2.53. The molecule has 0 saturated heterocycles. The van der Waals surface area contributed by atoms with Crippen LogP contribution < -0.4 is 5.32 Å². The maximum Gasteiger partial charge on any atom is 0.407 e. The van der Waals surface area contributed by atoms with Gasteiger partial charge in [-0.15, -0.1) is 0 Å². The highest BCUT2D eigenvalue weighted by Gasteiger charge is 2.13. The van der Waals surface area contributed by atoms with Crippen LogP contribution >= 0.6 is 0 Å². The smallest absolute Gasteiger partial charge is 0.407 e. The Labute approximate surface area is 125 Å². The van der Waals surface area contributed by atoms with Gasteiger partial charge in [-0.05, 0) is 18.9 Å². The summed E-state index contributed by atoms with van der Waals surface area (Å²) in [6.07, 6.45) is 7.57. The minimum atomic E-state index is -1.11. The molecule has 0 aliphatic rings. The second-order valence-electron chi connectivity index (χ2n) is 6.57. The zero-order valence-corrected chi connectivity index (χ0v) is 14.5. The zero-order chi connectivity index (χ0) is 15.3. The topological polar surface area (TPSA) is 58.6 Å². The highest BCUT2D eigenvalue weighted by atomic mass is 28.3. The van der Waals surface area contributed by atoms with Crippen molar-refractivity contribution in [3.8, 4) is 0 Å². The van der Waals surface area contributed by atoms with Crippen molar-refractivity contribution in [1.29, 1.82) is 0 Å². The van der Waals surface area contributed by atoms with Crippen molar-refractivity contribution in [2.24, 2.45) is 0 Å². The van der Waals surface area contributed by atoms with Crippen LogP contribution in [0.5, 0.6) is 0 Å². The summed E-state index contributed by atoms with van der Waals surface area (Å²) in [6.45, 7) is 8.39. The molecule has 0 unspecified atom stereocenters. The summed E-state index contributed by atoms with van der Waals surface area (Å²) in [5.41, 5.74) is 0. The van der Waals surface area contributed by atoms with Gasteiger partial charge >= 0.3 is 6.09 Å². The van der Waals surface area contributed by atoms with E-state index in [1.54, 1.807) is 0 Å². The molecule has 1 amide bonds. The first-order chi connectivity index (χ1) is 9.45. The molecule has 0 atom stereocenters. The SMILES string of the molecule is C[Si](C)(C)CCOC(=O)NCCCCCCCCCO. The Hall–Kier alpha value is -0.553. The molecule has 2 N–H and O–H groups in total. The molecule has 0 aromatic heterocycles. The molecule has 0 aromatic rings. The predicted molar refractivity (Wildman–Crippen MR) is 86.9 cm³/mol. The molecular weight excluding hydrogens is 270 g/mol. The third kappa shape index (κ3) is 15.5. The zero-order valence-electron chi connectivity index (χ0n) is 13.5. The van der Waals surface area contributed by atoms with Gasteiger partial charge in [0.1, 0.15) is 0 Å². The van der Waals surface area contributed by atoms with Crippen LogP contribution in [0.2, 0.25) is 25.7 Å². The number of carbonyl (C=O) groups is 1. The summed E-state index contributed by atoms with van der Waals surface area (Å²) in [5.74, 6) is 0. The minimum absolute atomic E-state index is 0.272. The molecule has 0 aliphatic heterocycles. The van der Waals surface area contributed by atoms with E-state index in [4.69, 9.17) is 9.84 Å². The normalized spacial score (nSPS) is 11.4. The molecule has 5 heteroatoms. The quantitative estimate of drug-likeness (QED) is 0.426. The van der Waals surface area contributed by atoms with Gasteiger partial charge in [0.2, 0.25) is 0 Å². The molecule has 0 radical (unpaired) electrons. The van der Waals surface area contributed by atoms with Crippen molar-refractivity contribution in [3.05, 3.63) is 0 Å². The lowest BCUT2D eigenvalue weighted by molar-refractivity contribution is 0.151. The molecule has 0 aliphatic carbocycles. The summed E-state index contributed by atoms with van der Waals surface area (Å²) < 4.78 is 5.15. The van der Waals surface area contributed by atoms with E-state index in [1.165, 1.54) is 19.3 Å². The van der Waals surface area contributed by atoms with E-state index in [2.05, 4.69) is 25.0 Å². The fraction of sp³-hybridized carbons (Fsp3) is 0.933. The number of ether oxygens (including phenoxy) is 1. The van der Waals surface area contributed by atoms with Crippen LogP contribution in [-0.2, 0) is 4.74 Å². The summed E-state index contributed by atoms with van der Waals surface area (Å²) in [5, 5.41) is 11.4. The molecular formula is C15H33NO3Si. The molecule has 20 heavy (non-hydrogen) atoms. The Morgan fingerprint density at radius 2 is 1.55 bits per heavy atom. The van der Waals surface area contributed by atoms with Gasteiger partial charge in [-0.2, -0.15) is 0 Å². The molecule has 0 heterocycles. The lowest BCUT2D eigenvalue weighted by atomic mass is 10.1. The van der Waals surface area contributed by atoms with Crippen LogP contribution in [-0.4, -0.2) is 39.0 Å². The predicted octanol–water partition coefficient (Wildman–Crippen LogP) is 3.77. The van der Waals surface area contributed by atoms with Gasteiger partial charge in [-0.3, -0.25) is 0 Å². The number of rotatable bonds is 12. The van der Waals surface area contributed by atoms with Gasteiger partial charge < -0.3 is 15.2 Å². The van der Waals surface area contributed by atoms with Crippen molar-refractivity contribution >= 4 is 14.2 Å². The second kappa shape index (κ2) is 12.2. The Balaban J connectivity index is 3.23. The molecule has 0 spiro atoms. The van der Waals surface area contributed by atoms with Gasteiger partial charge in [0, 0.05) is 21.2 Å². The van der Waals surface area contributed by atoms with Crippen molar-refractivity contribution in [2.75, 3.05) is 19.8 Å². The molecule has 120 valence electrons. The van der Waals surface area contributed by atoms with E-state index < -0.39 is 8.07 Å². The number of hydrogen-bond acceptors (Lipinski definition) is 3. The number of unbranched alkanes of at least 4 members (excludes halogenated alkanes) is 6. The van der Waals surface area contributed by atoms with Crippen LogP contribution in [0.3, 0.4) is 0 Å². The highest BCUT2D eigenvalue weighted by Crippen LogP contribution is 2.08. The molecule has 0 rings (SSSR count). The van der Waals surface area contributed by atoms with Crippen LogP contribution in [0.15, 0.2) is 0 Å². The number of alkyl carbamates (subject to hydrolysis) is 1. The first-order valence-corrected chi connectivity index (χ1v) is 11.7. The standard InChI is InChI=1S/C15H33NO3Si/c1-20(2,3)14-13-19-15(18)16-11-9-7-5-4-6-8-10-12-17/h17H,4-14H2,1-3H3,(H,16,18). The summed E-state index contributed by atoms with van der Waals surface area (Å²) >= 11 is 0. The molecule has 0 fully saturated rings. The van der Waals surface area contributed by atoms with Crippen molar-refractivity contribution in [3.63, 3.8) is 0 Å². The van der Waals surface area contributed by atoms with Crippen LogP contribution in [0.1, 0.15) is 44.9 Å². The number of amides is 1. The summed E-state index contributed by atoms with van der Waals surface area (Å²) in [4.78, 5) is 11.4. The van der Waals surface area contributed by atoms with E-state index in [0.717, 1.165) is 31.7 Å². The van der Waals surface area contributed by atoms with Crippen molar-refractivity contribution < 1.29 is 14.6 Å². The summed E-state index contributed by atoms with van der Waals surface area (Å²) in [7, 11) is -1.11. The third-order valence-corrected chi connectivity index (χ3v) is 4.89.